The van der Waals surface area contributed by atoms with Gasteiger partial charge in [-0.3, -0.25) is 4.79 Å². The van der Waals surface area contributed by atoms with E-state index in [0.717, 1.165) is 6.42 Å². The molecule has 1 atom stereocenters. The number of hydrogen-bond acceptors (Lipinski definition) is 6. The Morgan fingerprint density at radius 1 is 1.48 bits per heavy atom. The molecule has 1 aliphatic carbocycles. The van der Waals surface area contributed by atoms with Crippen molar-refractivity contribution in [3.8, 4) is 6.07 Å². The summed E-state index contributed by atoms with van der Waals surface area (Å²) in [6.07, 6.45) is 1.38. The second-order valence-electron chi connectivity index (χ2n) is 6.37. The molecule has 1 unspecified atom stereocenters. The maximum absolute atomic E-state index is 12.1. The first-order valence-electron chi connectivity index (χ1n) is 6.94. The third-order valence-electron chi connectivity index (χ3n) is 3.38. The van der Waals surface area contributed by atoms with Gasteiger partial charge in [0.25, 0.3) is 5.91 Å². The topological polar surface area (TPSA) is 101 Å². The molecule has 1 fully saturated rings. The van der Waals surface area contributed by atoms with Crippen LogP contribution in [0, 0.1) is 11.3 Å². The van der Waals surface area contributed by atoms with E-state index in [1.807, 2.05) is 0 Å². The van der Waals surface area contributed by atoms with Crippen molar-refractivity contribution in [2.45, 2.75) is 63.7 Å². The first kappa shape index (κ1) is 15.3. The predicted molar refractivity (Wildman–Crippen MR) is 73.1 cm³/mol. The Morgan fingerprint density at radius 3 is 2.62 bits per heavy atom. The molecule has 1 saturated carbocycles. The molecule has 0 aromatic carbocycles. The van der Waals surface area contributed by atoms with E-state index in [1.54, 1.807) is 20.8 Å². The summed E-state index contributed by atoms with van der Waals surface area (Å²) in [6, 6.07) is 2.12. The standard InChI is InChI=1S/C14H19N3O4/c1-13(2,3)20-12(19)9-7-10(21-17-9)11(18)16-14(8-15)5-4-6-14/h10H,4-7H2,1-3H3,(H,16,18). The number of amides is 1. The molecule has 0 spiro atoms. The highest BCUT2D eigenvalue weighted by Crippen LogP contribution is 2.31. The van der Waals surface area contributed by atoms with E-state index in [2.05, 4.69) is 16.5 Å². The first-order chi connectivity index (χ1) is 9.75. The Hall–Kier alpha value is -2.10. The van der Waals surface area contributed by atoms with Gasteiger partial charge in [-0.2, -0.15) is 5.26 Å². The molecular weight excluding hydrogens is 274 g/mol. The molecule has 21 heavy (non-hydrogen) atoms. The summed E-state index contributed by atoms with van der Waals surface area (Å²) in [7, 11) is 0. The molecule has 0 bridgehead atoms. The van der Waals surface area contributed by atoms with Crippen molar-refractivity contribution in [2.24, 2.45) is 5.16 Å². The van der Waals surface area contributed by atoms with Gasteiger partial charge in [0.15, 0.2) is 5.71 Å². The van der Waals surface area contributed by atoms with Gasteiger partial charge in [-0.25, -0.2) is 4.79 Å². The summed E-state index contributed by atoms with van der Waals surface area (Å²) in [5.41, 5.74) is -1.32. The molecule has 1 N–H and O–H groups in total. The number of carbonyl (C=O) groups excluding carboxylic acids is 2. The third-order valence-corrected chi connectivity index (χ3v) is 3.38. The lowest BCUT2D eigenvalue weighted by molar-refractivity contribution is -0.146. The van der Waals surface area contributed by atoms with E-state index in [4.69, 9.17) is 14.8 Å². The van der Waals surface area contributed by atoms with E-state index in [0.29, 0.717) is 12.8 Å². The lowest BCUT2D eigenvalue weighted by atomic mass is 9.78. The van der Waals surface area contributed by atoms with Crippen molar-refractivity contribution < 1.29 is 19.2 Å². The van der Waals surface area contributed by atoms with Crippen LogP contribution in [0.25, 0.3) is 0 Å². The molecule has 1 heterocycles. The number of ether oxygens (including phenoxy) is 1. The minimum Gasteiger partial charge on any atom is -0.455 e. The van der Waals surface area contributed by atoms with E-state index in [9.17, 15) is 9.59 Å². The maximum atomic E-state index is 12.1. The smallest absolute Gasteiger partial charge is 0.356 e. The Kier molecular flexibility index (Phi) is 3.90. The summed E-state index contributed by atoms with van der Waals surface area (Å²) in [5, 5.41) is 15.4. The second kappa shape index (κ2) is 5.35. The summed E-state index contributed by atoms with van der Waals surface area (Å²) in [6.45, 7) is 5.25. The molecule has 0 aromatic rings. The average Bonchev–Trinajstić information content (AvgIpc) is 2.81. The highest BCUT2D eigenvalue weighted by atomic mass is 16.7. The summed E-state index contributed by atoms with van der Waals surface area (Å²) < 4.78 is 5.17. The molecule has 0 radical (unpaired) electrons. The predicted octanol–water partition coefficient (Wildman–Crippen LogP) is 1.04. The number of hydrogen-bond donors (Lipinski definition) is 1. The van der Waals surface area contributed by atoms with Crippen LogP contribution in [0.2, 0.25) is 0 Å². The van der Waals surface area contributed by atoms with E-state index < -0.39 is 29.1 Å². The van der Waals surface area contributed by atoms with Crippen LogP contribution >= 0.6 is 0 Å². The molecular formula is C14H19N3O4. The fourth-order valence-electron chi connectivity index (χ4n) is 2.09. The van der Waals surface area contributed by atoms with Crippen LogP contribution in [0.1, 0.15) is 46.5 Å². The van der Waals surface area contributed by atoms with Crippen LogP contribution in [0.4, 0.5) is 0 Å². The molecule has 2 aliphatic rings. The van der Waals surface area contributed by atoms with Crippen molar-refractivity contribution in [3.63, 3.8) is 0 Å². The molecule has 0 saturated heterocycles. The maximum Gasteiger partial charge on any atom is 0.356 e. The van der Waals surface area contributed by atoms with Crippen molar-refractivity contribution in [2.75, 3.05) is 0 Å². The lowest BCUT2D eigenvalue weighted by Crippen LogP contribution is -2.55. The molecule has 1 amide bonds. The lowest BCUT2D eigenvalue weighted by Gasteiger charge is -2.36. The monoisotopic (exact) mass is 293 g/mol. The summed E-state index contributed by atoms with van der Waals surface area (Å²) in [5.74, 6) is -1.00. The fourth-order valence-corrected chi connectivity index (χ4v) is 2.09. The van der Waals surface area contributed by atoms with Crippen molar-refractivity contribution in [1.29, 1.82) is 5.26 Å². The first-order valence-corrected chi connectivity index (χ1v) is 6.94. The van der Waals surface area contributed by atoms with Crippen LogP contribution < -0.4 is 5.32 Å². The van der Waals surface area contributed by atoms with Gasteiger partial charge in [0.1, 0.15) is 11.1 Å². The van der Waals surface area contributed by atoms with Gasteiger partial charge in [0.05, 0.1) is 6.07 Å². The van der Waals surface area contributed by atoms with Crippen LogP contribution in [0.15, 0.2) is 5.16 Å². The van der Waals surface area contributed by atoms with E-state index >= 15 is 0 Å². The van der Waals surface area contributed by atoms with Crippen LogP contribution in [0.3, 0.4) is 0 Å². The Labute approximate surface area is 123 Å². The fraction of sp³-hybridized carbons (Fsp3) is 0.714. The zero-order chi connectivity index (χ0) is 15.7. The van der Waals surface area contributed by atoms with Crippen LogP contribution in [-0.2, 0) is 19.2 Å². The van der Waals surface area contributed by atoms with Gasteiger partial charge in [0, 0.05) is 6.42 Å². The second-order valence-corrected chi connectivity index (χ2v) is 6.37. The van der Waals surface area contributed by atoms with E-state index in [1.165, 1.54) is 0 Å². The van der Waals surface area contributed by atoms with Gasteiger partial charge >= 0.3 is 5.97 Å². The van der Waals surface area contributed by atoms with Crippen molar-refractivity contribution in [3.05, 3.63) is 0 Å². The minimum absolute atomic E-state index is 0.0578. The number of oxime groups is 1. The van der Waals surface area contributed by atoms with Gasteiger partial charge in [-0.1, -0.05) is 5.16 Å². The Morgan fingerprint density at radius 2 is 2.14 bits per heavy atom. The number of carbonyl (C=O) groups is 2. The zero-order valence-corrected chi connectivity index (χ0v) is 12.4. The quantitative estimate of drug-likeness (QED) is 0.783. The highest BCUT2D eigenvalue weighted by Gasteiger charge is 2.42. The largest absolute Gasteiger partial charge is 0.455 e. The molecule has 1 aliphatic heterocycles. The molecule has 7 nitrogen and oxygen atoms in total. The SMILES string of the molecule is CC(C)(C)OC(=O)C1=NOC(C(=O)NC2(C#N)CCC2)C1. The number of rotatable bonds is 3. The third kappa shape index (κ3) is 3.51. The summed E-state index contributed by atoms with van der Waals surface area (Å²) >= 11 is 0. The van der Waals surface area contributed by atoms with Gasteiger partial charge in [-0.15, -0.1) is 0 Å². The number of nitrogens with zero attached hydrogens (tertiary/aromatic N) is 2. The summed E-state index contributed by atoms with van der Waals surface area (Å²) in [4.78, 5) is 28.9. The average molecular weight is 293 g/mol. The Bertz CT molecular complexity index is 523. The van der Waals surface area contributed by atoms with Crippen molar-refractivity contribution >= 4 is 17.6 Å². The Balaban J connectivity index is 1.88. The number of nitrogens with one attached hydrogen (secondary N) is 1. The molecule has 7 heteroatoms. The van der Waals surface area contributed by atoms with Gasteiger partial charge in [-0.05, 0) is 40.0 Å². The normalized spacial score (nSPS) is 23.1. The zero-order valence-electron chi connectivity index (χ0n) is 12.4. The molecule has 114 valence electrons. The van der Waals surface area contributed by atoms with Gasteiger partial charge in [0.2, 0.25) is 6.10 Å². The number of nitriles is 1. The van der Waals surface area contributed by atoms with E-state index in [-0.39, 0.29) is 12.1 Å². The minimum atomic E-state index is -0.877. The van der Waals surface area contributed by atoms with Crippen molar-refractivity contribution in [1.82, 2.24) is 5.32 Å². The van der Waals surface area contributed by atoms with Crippen LogP contribution in [0.5, 0.6) is 0 Å². The molecule has 0 aromatic heterocycles. The van der Waals surface area contributed by atoms with Gasteiger partial charge < -0.3 is 14.9 Å². The van der Waals surface area contributed by atoms with Crippen LogP contribution in [-0.4, -0.2) is 34.8 Å². The highest BCUT2D eigenvalue weighted by molar-refractivity contribution is 6.37. The molecule has 2 rings (SSSR count). The number of esters is 1.